The molecular weight excluding hydrogens is 386 g/mol. The Morgan fingerprint density at radius 1 is 1.17 bits per heavy atom. The van der Waals surface area contributed by atoms with E-state index in [2.05, 4.69) is 15.5 Å². The normalized spacial score (nSPS) is 13.8. The van der Waals surface area contributed by atoms with E-state index in [4.69, 9.17) is 4.74 Å². The number of hydrogen-bond acceptors (Lipinski definition) is 7. The van der Waals surface area contributed by atoms with E-state index in [0.29, 0.717) is 12.0 Å². The molecule has 4 rings (SSSR count). The third-order valence-corrected chi connectivity index (χ3v) is 5.05. The Morgan fingerprint density at radius 3 is 2.70 bits per heavy atom. The molecule has 0 fully saturated rings. The van der Waals surface area contributed by atoms with Gasteiger partial charge in [-0.1, -0.05) is 30.3 Å². The maximum absolute atomic E-state index is 12.7. The lowest BCUT2D eigenvalue weighted by Gasteiger charge is -2.15. The van der Waals surface area contributed by atoms with Gasteiger partial charge >= 0.3 is 5.97 Å². The molecule has 1 aliphatic rings. The monoisotopic (exact) mass is 405 g/mol. The van der Waals surface area contributed by atoms with Crippen molar-refractivity contribution in [3.63, 3.8) is 0 Å². The number of ether oxygens (including phenoxy) is 1. The van der Waals surface area contributed by atoms with Gasteiger partial charge in [-0.15, -0.1) is 5.10 Å². The molecule has 1 aromatic heterocycles. The Bertz CT molecular complexity index is 1080. The minimum absolute atomic E-state index is 0.0220. The molecule has 30 heavy (non-hydrogen) atoms. The van der Waals surface area contributed by atoms with Crippen LogP contribution in [0.5, 0.6) is 0 Å². The minimum Gasteiger partial charge on any atom is -0.456 e. The van der Waals surface area contributed by atoms with Gasteiger partial charge in [0.15, 0.2) is 18.4 Å². The Labute approximate surface area is 172 Å². The molecule has 1 atom stereocenters. The first-order valence-corrected chi connectivity index (χ1v) is 9.38. The summed E-state index contributed by atoms with van der Waals surface area (Å²) in [6, 6.07) is 13.7. The number of hydrogen-bond donors (Lipinski definition) is 0. The first kappa shape index (κ1) is 19.4. The summed E-state index contributed by atoms with van der Waals surface area (Å²) in [4.78, 5) is 38.6. The Hall–Kier alpha value is -3.88. The maximum atomic E-state index is 12.7. The van der Waals surface area contributed by atoms with E-state index in [1.54, 1.807) is 30.1 Å². The van der Waals surface area contributed by atoms with Crippen LogP contribution < -0.4 is 4.90 Å². The van der Waals surface area contributed by atoms with Crippen LogP contribution in [-0.2, 0) is 27.2 Å². The molecule has 3 aromatic rings. The zero-order valence-corrected chi connectivity index (χ0v) is 16.3. The van der Waals surface area contributed by atoms with Gasteiger partial charge in [-0.25, -0.2) is 9.48 Å². The summed E-state index contributed by atoms with van der Waals surface area (Å²) in [6.45, 7) is -0.408. The second kappa shape index (κ2) is 8.24. The van der Waals surface area contributed by atoms with Crippen molar-refractivity contribution in [2.75, 3.05) is 18.6 Å². The number of amides is 1. The van der Waals surface area contributed by atoms with Crippen LogP contribution in [0.2, 0.25) is 0 Å². The van der Waals surface area contributed by atoms with Crippen molar-refractivity contribution >= 4 is 23.3 Å². The topological polar surface area (TPSA) is 107 Å². The average Bonchev–Trinajstić information content (AvgIpc) is 3.39. The van der Waals surface area contributed by atoms with Crippen LogP contribution >= 0.6 is 0 Å². The second-order valence-electron chi connectivity index (χ2n) is 7.00. The SMILES string of the molecule is CN1C(=O)Cc2cc(C(=O)COC(=O)[C@@H](Cc3ccccc3)n3cnnn3)ccc21. The first-order valence-electron chi connectivity index (χ1n) is 9.38. The van der Waals surface area contributed by atoms with Gasteiger partial charge in [0.25, 0.3) is 0 Å². The molecule has 2 aromatic carbocycles. The molecule has 9 heteroatoms. The molecule has 0 N–H and O–H groups in total. The fourth-order valence-corrected chi connectivity index (χ4v) is 3.39. The van der Waals surface area contributed by atoms with E-state index in [9.17, 15) is 14.4 Å². The van der Waals surface area contributed by atoms with Crippen LogP contribution in [0.4, 0.5) is 5.69 Å². The van der Waals surface area contributed by atoms with Crippen LogP contribution in [-0.4, -0.2) is 51.5 Å². The quantitative estimate of drug-likeness (QED) is 0.432. The van der Waals surface area contributed by atoms with Crippen LogP contribution in [0.25, 0.3) is 0 Å². The highest BCUT2D eigenvalue weighted by Gasteiger charge is 2.27. The molecular formula is C21H19N5O4. The van der Waals surface area contributed by atoms with Crippen molar-refractivity contribution in [1.29, 1.82) is 0 Å². The number of Topliss-reactive ketones (excluding diaryl/α,β-unsaturated/α-hetero) is 1. The van der Waals surface area contributed by atoms with Crippen molar-refractivity contribution in [2.24, 2.45) is 0 Å². The molecule has 0 spiro atoms. The summed E-state index contributed by atoms with van der Waals surface area (Å²) in [5.41, 5.74) is 2.88. The van der Waals surface area contributed by atoms with Crippen molar-refractivity contribution in [1.82, 2.24) is 20.2 Å². The van der Waals surface area contributed by atoms with Crippen molar-refractivity contribution in [3.05, 3.63) is 71.5 Å². The number of fused-ring (bicyclic) bond motifs is 1. The third-order valence-electron chi connectivity index (χ3n) is 5.05. The van der Waals surface area contributed by atoms with Crippen molar-refractivity contribution in [3.8, 4) is 0 Å². The van der Waals surface area contributed by atoms with E-state index in [1.807, 2.05) is 30.3 Å². The van der Waals surface area contributed by atoms with Crippen LogP contribution in [0, 0.1) is 0 Å². The van der Waals surface area contributed by atoms with Gasteiger partial charge in [0.2, 0.25) is 5.91 Å². The molecule has 152 valence electrons. The number of nitrogens with zero attached hydrogens (tertiary/aromatic N) is 5. The molecule has 1 aliphatic heterocycles. The fourth-order valence-electron chi connectivity index (χ4n) is 3.39. The molecule has 0 unspecified atom stereocenters. The highest BCUT2D eigenvalue weighted by Crippen LogP contribution is 2.28. The third kappa shape index (κ3) is 3.95. The van der Waals surface area contributed by atoms with Crippen LogP contribution in [0.3, 0.4) is 0 Å². The highest BCUT2D eigenvalue weighted by molar-refractivity contribution is 6.04. The van der Waals surface area contributed by atoms with Crippen LogP contribution in [0.15, 0.2) is 54.9 Å². The number of anilines is 1. The first-order chi connectivity index (χ1) is 14.5. The lowest BCUT2D eigenvalue weighted by Crippen LogP contribution is -2.26. The van der Waals surface area contributed by atoms with Gasteiger partial charge in [0.1, 0.15) is 6.33 Å². The summed E-state index contributed by atoms with van der Waals surface area (Å²) in [7, 11) is 1.70. The Morgan fingerprint density at radius 2 is 1.97 bits per heavy atom. The zero-order valence-electron chi connectivity index (χ0n) is 16.3. The number of tetrazole rings is 1. The summed E-state index contributed by atoms with van der Waals surface area (Å²) in [5, 5.41) is 11.0. The average molecular weight is 405 g/mol. The lowest BCUT2D eigenvalue weighted by atomic mass is 10.1. The predicted molar refractivity (Wildman–Crippen MR) is 106 cm³/mol. The number of carbonyl (C=O) groups is 3. The fraction of sp³-hybridized carbons (Fsp3) is 0.238. The van der Waals surface area contributed by atoms with E-state index < -0.39 is 18.6 Å². The van der Waals surface area contributed by atoms with Gasteiger partial charge in [0, 0.05) is 24.7 Å². The van der Waals surface area contributed by atoms with E-state index in [1.165, 1.54) is 11.0 Å². The highest BCUT2D eigenvalue weighted by atomic mass is 16.5. The molecule has 9 nitrogen and oxygen atoms in total. The number of likely N-dealkylation sites (N-methyl/N-ethyl adjacent to an activating group) is 1. The molecule has 1 amide bonds. The Kier molecular flexibility index (Phi) is 5.34. The zero-order chi connectivity index (χ0) is 21.1. The molecule has 0 bridgehead atoms. The largest absolute Gasteiger partial charge is 0.456 e. The predicted octanol–water partition coefficient (Wildman–Crippen LogP) is 1.40. The molecule has 0 aliphatic carbocycles. The number of ketones is 1. The molecule has 0 radical (unpaired) electrons. The van der Waals surface area contributed by atoms with Gasteiger partial charge in [-0.3, -0.25) is 9.59 Å². The maximum Gasteiger partial charge on any atom is 0.331 e. The number of benzene rings is 2. The van der Waals surface area contributed by atoms with E-state index >= 15 is 0 Å². The minimum atomic E-state index is -0.790. The molecule has 0 saturated carbocycles. The van der Waals surface area contributed by atoms with Crippen LogP contribution in [0.1, 0.15) is 27.5 Å². The van der Waals surface area contributed by atoms with Crippen molar-refractivity contribution in [2.45, 2.75) is 18.9 Å². The molecule has 2 heterocycles. The van der Waals surface area contributed by atoms with E-state index in [-0.39, 0.29) is 18.1 Å². The summed E-state index contributed by atoms with van der Waals surface area (Å²) in [6.07, 6.45) is 1.92. The van der Waals surface area contributed by atoms with Gasteiger partial charge < -0.3 is 9.64 Å². The number of rotatable bonds is 7. The van der Waals surface area contributed by atoms with E-state index in [0.717, 1.165) is 16.8 Å². The van der Waals surface area contributed by atoms with Gasteiger partial charge in [-0.05, 0) is 39.8 Å². The summed E-state index contributed by atoms with van der Waals surface area (Å²) in [5.74, 6) is -0.967. The second-order valence-corrected chi connectivity index (χ2v) is 7.00. The van der Waals surface area contributed by atoms with Gasteiger partial charge in [-0.2, -0.15) is 0 Å². The lowest BCUT2D eigenvalue weighted by molar-refractivity contribution is -0.146. The summed E-state index contributed by atoms with van der Waals surface area (Å²) >= 11 is 0. The van der Waals surface area contributed by atoms with Gasteiger partial charge in [0.05, 0.1) is 6.42 Å². The standard InChI is InChI=1S/C21H19N5O4/c1-25-17-8-7-15(10-16(17)11-20(25)28)19(27)12-30-21(29)18(26-13-22-23-24-26)9-14-5-3-2-4-6-14/h2-8,10,13,18H,9,11-12H2,1H3/t18-/m1/s1. The number of aromatic nitrogens is 4. The smallest absolute Gasteiger partial charge is 0.331 e. The Balaban J connectivity index is 1.44. The summed E-state index contributed by atoms with van der Waals surface area (Å²) < 4.78 is 6.61. The molecule has 0 saturated heterocycles. The number of carbonyl (C=O) groups excluding carboxylic acids is 3. The number of esters is 1. The van der Waals surface area contributed by atoms with Crippen molar-refractivity contribution < 1.29 is 19.1 Å².